The highest BCUT2D eigenvalue weighted by Gasteiger charge is 2.27. The van der Waals surface area contributed by atoms with Gasteiger partial charge in [-0.25, -0.2) is 4.79 Å². The van der Waals surface area contributed by atoms with Crippen LogP contribution in [0.1, 0.15) is 37.0 Å². The van der Waals surface area contributed by atoms with Crippen LogP contribution in [0, 0.1) is 6.92 Å². The summed E-state index contributed by atoms with van der Waals surface area (Å²) >= 11 is 6.14. The van der Waals surface area contributed by atoms with E-state index in [1.54, 1.807) is 6.20 Å². The highest BCUT2D eigenvalue weighted by Crippen LogP contribution is 2.40. The molecule has 1 heterocycles. The lowest BCUT2D eigenvalue weighted by atomic mass is 9.86. The number of fused-ring (bicyclic) bond motifs is 1. The number of hydrogen-bond donors (Lipinski definition) is 2. The van der Waals surface area contributed by atoms with Gasteiger partial charge < -0.3 is 9.84 Å². The number of unbranched alkanes of at least 4 members (excludes halogenated alkanes) is 1. The third-order valence-corrected chi connectivity index (χ3v) is 5.85. The van der Waals surface area contributed by atoms with Crippen molar-refractivity contribution < 1.29 is 14.6 Å². The first kappa shape index (κ1) is 22.1. The first-order chi connectivity index (χ1) is 15.5. The van der Waals surface area contributed by atoms with E-state index in [0.717, 1.165) is 51.6 Å². The van der Waals surface area contributed by atoms with Gasteiger partial charge in [0.1, 0.15) is 0 Å². The lowest BCUT2D eigenvalue weighted by molar-refractivity contribution is -0.151. The number of aryl methyl sites for hydroxylation is 1. The molecule has 1 aromatic heterocycles. The molecule has 0 fully saturated rings. The molecule has 4 aromatic rings. The molecule has 0 saturated heterocycles. The van der Waals surface area contributed by atoms with Crippen LogP contribution in [0.25, 0.3) is 33.2 Å². The lowest BCUT2D eigenvalue weighted by Crippen LogP contribution is -2.18. The minimum absolute atomic E-state index is 0.393. The summed E-state index contributed by atoms with van der Waals surface area (Å²) in [4.78, 5) is 12.3. The first-order valence-electron chi connectivity index (χ1n) is 10.7. The number of hydrogen-bond acceptors (Lipinski definition) is 3. The number of benzene rings is 3. The van der Waals surface area contributed by atoms with Crippen molar-refractivity contribution in [2.45, 2.75) is 32.8 Å². The Balaban J connectivity index is 1.96. The second-order valence-corrected chi connectivity index (χ2v) is 8.27. The van der Waals surface area contributed by atoms with Crippen molar-refractivity contribution >= 4 is 28.3 Å². The Morgan fingerprint density at radius 1 is 1.12 bits per heavy atom. The van der Waals surface area contributed by atoms with E-state index in [-0.39, 0.29) is 0 Å². The topological polar surface area (TPSA) is 75.2 Å². The number of aromatic amines is 1. The standard InChI is InChI=1S/C26H25ClN2O3/c1-3-4-13-32-25(26(30)31)23-16(2)14-19-15-18(22-11-12-28-29-22)7-10-21(19)24(23)17-5-8-20(27)9-6-17/h5-12,14-15,25H,3-4,13H2,1-2H3,(H,28,29)(H,30,31). The van der Waals surface area contributed by atoms with Crippen LogP contribution in [0.2, 0.25) is 5.02 Å². The Labute approximate surface area is 192 Å². The van der Waals surface area contributed by atoms with Crippen LogP contribution >= 0.6 is 11.6 Å². The second-order valence-electron chi connectivity index (χ2n) is 7.84. The number of carbonyl (C=O) groups is 1. The number of H-pyrrole nitrogens is 1. The molecule has 0 aliphatic carbocycles. The van der Waals surface area contributed by atoms with E-state index in [1.807, 2.05) is 55.5 Å². The van der Waals surface area contributed by atoms with Crippen LogP contribution in [0.15, 0.2) is 60.8 Å². The molecule has 0 saturated carbocycles. The number of rotatable bonds is 8. The van der Waals surface area contributed by atoms with Crippen molar-refractivity contribution in [2.24, 2.45) is 0 Å². The molecule has 1 unspecified atom stereocenters. The normalized spacial score (nSPS) is 12.2. The zero-order valence-corrected chi connectivity index (χ0v) is 18.8. The van der Waals surface area contributed by atoms with Gasteiger partial charge in [-0.05, 0) is 65.1 Å². The van der Waals surface area contributed by atoms with Crippen molar-refractivity contribution in [3.63, 3.8) is 0 Å². The molecule has 0 radical (unpaired) electrons. The third-order valence-electron chi connectivity index (χ3n) is 5.60. The summed E-state index contributed by atoms with van der Waals surface area (Å²) in [5, 5.41) is 19.7. The zero-order valence-electron chi connectivity index (χ0n) is 18.1. The van der Waals surface area contributed by atoms with E-state index in [1.165, 1.54) is 0 Å². The lowest BCUT2D eigenvalue weighted by Gasteiger charge is -2.22. The molecule has 1 atom stereocenters. The smallest absolute Gasteiger partial charge is 0.337 e. The predicted molar refractivity (Wildman–Crippen MR) is 128 cm³/mol. The molecular formula is C26H25ClN2O3. The minimum Gasteiger partial charge on any atom is -0.479 e. The van der Waals surface area contributed by atoms with Crippen molar-refractivity contribution in [1.29, 1.82) is 0 Å². The van der Waals surface area contributed by atoms with Gasteiger partial charge in [-0.2, -0.15) is 5.10 Å². The van der Waals surface area contributed by atoms with Crippen molar-refractivity contribution in [3.8, 4) is 22.4 Å². The van der Waals surface area contributed by atoms with Crippen LogP contribution in [0.5, 0.6) is 0 Å². The Bertz CT molecular complexity index is 1230. The number of ether oxygens (including phenoxy) is 1. The number of carboxylic acids is 1. The van der Waals surface area contributed by atoms with Gasteiger partial charge in [-0.3, -0.25) is 5.10 Å². The maximum Gasteiger partial charge on any atom is 0.337 e. The number of nitrogens with zero attached hydrogens (tertiary/aromatic N) is 1. The maximum atomic E-state index is 12.3. The Hall–Kier alpha value is -3.15. The van der Waals surface area contributed by atoms with Gasteiger partial charge in [0.15, 0.2) is 6.10 Å². The van der Waals surface area contributed by atoms with E-state index in [0.29, 0.717) is 17.2 Å². The summed E-state index contributed by atoms with van der Waals surface area (Å²) in [6.45, 7) is 4.39. The van der Waals surface area contributed by atoms with Crippen molar-refractivity contribution in [1.82, 2.24) is 10.2 Å². The average molecular weight is 449 g/mol. The van der Waals surface area contributed by atoms with Gasteiger partial charge in [0.05, 0.1) is 5.69 Å². The van der Waals surface area contributed by atoms with Crippen molar-refractivity contribution in [2.75, 3.05) is 6.61 Å². The van der Waals surface area contributed by atoms with E-state index >= 15 is 0 Å². The average Bonchev–Trinajstić information content (AvgIpc) is 3.31. The number of carboxylic acid groups (broad SMARTS) is 1. The molecule has 6 heteroatoms. The maximum absolute atomic E-state index is 12.3. The molecular weight excluding hydrogens is 424 g/mol. The highest BCUT2D eigenvalue weighted by molar-refractivity contribution is 6.30. The number of aliphatic carboxylic acids is 1. The summed E-state index contributed by atoms with van der Waals surface area (Å²) in [6.07, 6.45) is 2.41. The van der Waals surface area contributed by atoms with Crippen LogP contribution < -0.4 is 0 Å². The SMILES string of the molecule is CCCCOC(C(=O)O)c1c(C)cc2cc(-c3ccn[nH]3)ccc2c1-c1ccc(Cl)cc1. The summed E-state index contributed by atoms with van der Waals surface area (Å²) < 4.78 is 5.89. The van der Waals surface area contributed by atoms with Crippen LogP contribution in [0.3, 0.4) is 0 Å². The molecule has 2 N–H and O–H groups in total. The quantitative estimate of drug-likeness (QED) is 0.290. The molecule has 0 spiro atoms. The molecule has 4 rings (SSSR count). The van der Waals surface area contributed by atoms with Crippen LogP contribution in [-0.4, -0.2) is 27.9 Å². The molecule has 5 nitrogen and oxygen atoms in total. The predicted octanol–water partition coefficient (Wildman–Crippen LogP) is 6.80. The van der Waals surface area contributed by atoms with Gasteiger partial charge in [-0.15, -0.1) is 0 Å². The fourth-order valence-electron chi connectivity index (χ4n) is 4.04. The largest absolute Gasteiger partial charge is 0.479 e. The summed E-state index contributed by atoms with van der Waals surface area (Å²) in [5.41, 5.74) is 5.24. The molecule has 3 aromatic carbocycles. The van der Waals surface area contributed by atoms with Gasteiger partial charge in [0.2, 0.25) is 0 Å². The molecule has 0 bridgehead atoms. The molecule has 0 aliphatic heterocycles. The molecule has 0 amide bonds. The number of nitrogens with one attached hydrogen (secondary N) is 1. The van der Waals surface area contributed by atoms with E-state index in [9.17, 15) is 9.90 Å². The molecule has 0 aliphatic rings. The second kappa shape index (κ2) is 9.55. The van der Waals surface area contributed by atoms with E-state index in [2.05, 4.69) is 23.2 Å². The first-order valence-corrected chi connectivity index (χ1v) is 11.0. The number of halogens is 1. The third kappa shape index (κ3) is 4.40. The molecule has 164 valence electrons. The monoisotopic (exact) mass is 448 g/mol. The summed E-state index contributed by atoms with van der Waals surface area (Å²) in [7, 11) is 0. The van der Waals surface area contributed by atoms with Gasteiger partial charge >= 0.3 is 5.97 Å². The Kier molecular flexibility index (Phi) is 6.58. The van der Waals surface area contributed by atoms with Crippen LogP contribution in [-0.2, 0) is 9.53 Å². The number of aromatic nitrogens is 2. The summed E-state index contributed by atoms with van der Waals surface area (Å²) in [5.74, 6) is -0.993. The van der Waals surface area contributed by atoms with E-state index in [4.69, 9.17) is 16.3 Å². The fraction of sp³-hybridized carbons (Fsp3) is 0.231. The van der Waals surface area contributed by atoms with Gasteiger partial charge in [0, 0.05) is 29.0 Å². The van der Waals surface area contributed by atoms with Crippen molar-refractivity contribution in [3.05, 3.63) is 76.9 Å². The Morgan fingerprint density at radius 2 is 1.88 bits per heavy atom. The fourth-order valence-corrected chi connectivity index (χ4v) is 4.16. The minimum atomic E-state index is -1.05. The van der Waals surface area contributed by atoms with E-state index < -0.39 is 12.1 Å². The van der Waals surface area contributed by atoms with Gasteiger partial charge in [-0.1, -0.05) is 55.3 Å². The zero-order chi connectivity index (χ0) is 22.7. The van der Waals surface area contributed by atoms with Crippen LogP contribution in [0.4, 0.5) is 0 Å². The Morgan fingerprint density at radius 3 is 2.53 bits per heavy atom. The highest BCUT2D eigenvalue weighted by atomic mass is 35.5. The van der Waals surface area contributed by atoms with Gasteiger partial charge in [0.25, 0.3) is 0 Å². The summed E-state index contributed by atoms with van der Waals surface area (Å²) in [6, 6.07) is 17.6. The molecule has 32 heavy (non-hydrogen) atoms.